The highest BCUT2D eigenvalue weighted by Crippen LogP contribution is 2.25. The van der Waals surface area contributed by atoms with E-state index >= 15 is 0 Å². The number of ether oxygens (including phenoxy) is 1. The molecule has 2 unspecified atom stereocenters. The molecular weight excluding hydrogens is 350 g/mol. The van der Waals surface area contributed by atoms with Crippen LogP contribution in [0.1, 0.15) is 33.5 Å². The molecule has 0 bridgehead atoms. The molecule has 9 heteroatoms. The smallest absolute Gasteiger partial charge is 0.251 e. The van der Waals surface area contributed by atoms with E-state index in [4.69, 9.17) is 9.15 Å². The minimum atomic E-state index is -0.579. The summed E-state index contributed by atoms with van der Waals surface area (Å²) in [5.41, 5.74) is 0.550. The van der Waals surface area contributed by atoms with Gasteiger partial charge in [0.1, 0.15) is 18.1 Å². The number of hydrogen-bond donors (Lipinski definition) is 3. The lowest BCUT2D eigenvalue weighted by molar-refractivity contribution is -0.126. The van der Waals surface area contributed by atoms with Gasteiger partial charge in [-0.3, -0.25) is 14.9 Å². The van der Waals surface area contributed by atoms with Crippen molar-refractivity contribution in [2.75, 3.05) is 18.5 Å². The lowest BCUT2D eigenvalue weighted by atomic mass is 9.99. The normalized spacial score (nSPS) is 19.9. The number of carbonyl (C=O) groups is 2. The zero-order valence-electron chi connectivity index (χ0n) is 15.7. The summed E-state index contributed by atoms with van der Waals surface area (Å²) in [4.78, 5) is 24.3. The van der Waals surface area contributed by atoms with Gasteiger partial charge in [-0.25, -0.2) is 4.68 Å². The van der Waals surface area contributed by atoms with Crippen molar-refractivity contribution < 1.29 is 18.7 Å². The van der Waals surface area contributed by atoms with Gasteiger partial charge in [0.05, 0.1) is 6.26 Å². The monoisotopic (exact) mass is 375 g/mol. The molecule has 2 aromatic heterocycles. The van der Waals surface area contributed by atoms with Crippen LogP contribution in [0.25, 0.3) is 11.5 Å². The number of aromatic nitrogens is 2. The first kappa shape index (κ1) is 19.1. The highest BCUT2D eigenvalue weighted by molar-refractivity contribution is 5.91. The molecular formula is C18H25N5O4. The molecule has 0 saturated carbocycles. The molecule has 3 rings (SSSR count). The summed E-state index contributed by atoms with van der Waals surface area (Å²) in [6, 6.07) is 5.25. The Morgan fingerprint density at radius 2 is 2.33 bits per heavy atom. The summed E-state index contributed by atoms with van der Waals surface area (Å²) in [5.74, 6) is 0.908. The molecule has 3 N–H and O–H groups in total. The van der Waals surface area contributed by atoms with E-state index in [9.17, 15) is 9.59 Å². The molecule has 2 atom stereocenters. The number of carbonyl (C=O) groups excluding carboxylic acids is 2. The van der Waals surface area contributed by atoms with E-state index in [0.717, 1.165) is 0 Å². The fraction of sp³-hybridized carbons (Fsp3) is 0.500. The molecule has 9 nitrogen and oxygen atoms in total. The number of rotatable bonds is 7. The summed E-state index contributed by atoms with van der Waals surface area (Å²) in [6.45, 7) is 6.31. The Labute approximate surface area is 157 Å². The molecule has 1 aliphatic heterocycles. The second-order valence-electron chi connectivity index (χ2n) is 6.71. The van der Waals surface area contributed by atoms with Crippen LogP contribution in [0.4, 0.5) is 5.82 Å². The molecule has 1 fully saturated rings. The van der Waals surface area contributed by atoms with Crippen molar-refractivity contribution in [3.8, 4) is 11.5 Å². The maximum atomic E-state index is 12.2. The first-order valence-electron chi connectivity index (χ1n) is 9.04. The van der Waals surface area contributed by atoms with Crippen molar-refractivity contribution in [3.05, 3.63) is 24.5 Å². The Morgan fingerprint density at radius 3 is 3.00 bits per heavy atom. The lowest BCUT2D eigenvalue weighted by Crippen LogP contribution is -2.55. The summed E-state index contributed by atoms with van der Waals surface area (Å²) in [6.07, 6.45) is 1.37. The molecule has 146 valence electrons. The van der Waals surface area contributed by atoms with Crippen molar-refractivity contribution in [1.29, 1.82) is 0 Å². The van der Waals surface area contributed by atoms with Gasteiger partial charge >= 0.3 is 0 Å². The highest BCUT2D eigenvalue weighted by Gasteiger charge is 2.31. The number of nitrogens with one attached hydrogen (secondary N) is 3. The van der Waals surface area contributed by atoms with E-state index in [0.29, 0.717) is 30.3 Å². The molecule has 1 saturated heterocycles. The predicted octanol–water partition coefficient (Wildman–Crippen LogP) is 1.71. The van der Waals surface area contributed by atoms with E-state index in [1.54, 1.807) is 29.1 Å². The third-order valence-corrected chi connectivity index (χ3v) is 4.34. The lowest BCUT2D eigenvalue weighted by Gasteiger charge is -2.34. The highest BCUT2D eigenvalue weighted by atomic mass is 16.5. The van der Waals surface area contributed by atoms with Crippen molar-refractivity contribution in [2.45, 2.75) is 39.5 Å². The van der Waals surface area contributed by atoms with Crippen LogP contribution in [-0.4, -0.2) is 40.9 Å². The summed E-state index contributed by atoms with van der Waals surface area (Å²) in [5, 5.41) is 13.6. The van der Waals surface area contributed by atoms with Crippen molar-refractivity contribution >= 4 is 17.6 Å². The molecule has 27 heavy (non-hydrogen) atoms. The zero-order chi connectivity index (χ0) is 19.4. The molecule has 3 heterocycles. The van der Waals surface area contributed by atoms with E-state index in [1.165, 1.54) is 0 Å². The predicted molar refractivity (Wildman–Crippen MR) is 98.6 cm³/mol. The van der Waals surface area contributed by atoms with Gasteiger partial charge in [0, 0.05) is 25.1 Å². The molecule has 0 radical (unpaired) electrons. The Kier molecular flexibility index (Phi) is 5.92. The van der Waals surface area contributed by atoms with Gasteiger partial charge in [-0.15, -0.1) is 0 Å². The second kappa shape index (κ2) is 8.36. The number of furan rings is 1. The summed E-state index contributed by atoms with van der Waals surface area (Å²) in [7, 11) is 0. The molecule has 0 aromatic carbocycles. The van der Waals surface area contributed by atoms with E-state index in [-0.39, 0.29) is 30.4 Å². The van der Waals surface area contributed by atoms with Crippen LogP contribution < -0.4 is 16.0 Å². The number of nitrogens with zero attached hydrogens (tertiary/aromatic N) is 2. The average Bonchev–Trinajstić information content (AvgIpc) is 3.29. The van der Waals surface area contributed by atoms with E-state index < -0.39 is 6.29 Å². The Balaban J connectivity index is 1.89. The van der Waals surface area contributed by atoms with Crippen LogP contribution >= 0.6 is 0 Å². The minimum absolute atomic E-state index is 0.00647. The van der Waals surface area contributed by atoms with Gasteiger partial charge in [-0.1, -0.05) is 13.8 Å². The van der Waals surface area contributed by atoms with Gasteiger partial charge < -0.3 is 19.8 Å². The maximum Gasteiger partial charge on any atom is 0.251 e. The van der Waals surface area contributed by atoms with Crippen LogP contribution in [-0.2, 0) is 14.3 Å². The first-order chi connectivity index (χ1) is 13.0. The van der Waals surface area contributed by atoms with E-state index in [1.807, 2.05) is 6.92 Å². The molecule has 2 amide bonds. The van der Waals surface area contributed by atoms with Gasteiger partial charge in [0.2, 0.25) is 5.91 Å². The number of amides is 2. The van der Waals surface area contributed by atoms with Crippen molar-refractivity contribution in [3.63, 3.8) is 0 Å². The second-order valence-corrected chi connectivity index (χ2v) is 6.71. The largest absolute Gasteiger partial charge is 0.463 e. The fourth-order valence-electron chi connectivity index (χ4n) is 2.88. The number of hydrogen-bond acceptors (Lipinski definition) is 6. The third-order valence-electron chi connectivity index (χ3n) is 4.34. The van der Waals surface area contributed by atoms with Crippen molar-refractivity contribution in [1.82, 2.24) is 20.4 Å². The van der Waals surface area contributed by atoms with E-state index in [2.05, 4.69) is 34.9 Å². The van der Waals surface area contributed by atoms with Crippen LogP contribution in [0.15, 0.2) is 28.9 Å². The Hall–Kier alpha value is -2.65. The van der Waals surface area contributed by atoms with Gasteiger partial charge in [0.25, 0.3) is 5.91 Å². The summed E-state index contributed by atoms with van der Waals surface area (Å²) >= 11 is 0. The topological polar surface area (TPSA) is 110 Å². The van der Waals surface area contributed by atoms with Crippen LogP contribution in [0.5, 0.6) is 0 Å². The standard InChI is InChI=1S/C18H25N5O4/c1-4-26-10-17(25)20-15-8-13(14-6-5-7-27-14)22-23(15)18-19-12(11(2)3)9-16(24)21-18/h5-8,11-12,18-19H,4,9-10H2,1-3H3,(H,20,25)(H,21,24). The van der Waals surface area contributed by atoms with Crippen LogP contribution in [0.2, 0.25) is 0 Å². The molecule has 1 aliphatic rings. The minimum Gasteiger partial charge on any atom is -0.463 e. The van der Waals surface area contributed by atoms with Crippen LogP contribution in [0, 0.1) is 5.92 Å². The SMILES string of the molecule is CCOCC(=O)Nc1cc(-c2ccco2)nn1C1NC(=O)CC(C(C)C)N1. The molecule has 2 aromatic rings. The van der Waals surface area contributed by atoms with Gasteiger partial charge in [0.15, 0.2) is 12.0 Å². The van der Waals surface area contributed by atoms with Gasteiger partial charge in [-0.05, 0) is 25.0 Å². The maximum absolute atomic E-state index is 12.2. The van der Waals surface area contributed by atoms with Crippen LogP contribution in [0.3, 0.4) is 0 Å². The molecule has 0 spiro atoms. The van der Waals surface area contributed by atoms with Gasteiger partial charge in [-0.2, -0.15) is 5.10 Å². The third kappa shape index (κ3) is 4.55. The Morgan fingerprint density at radius 1 is 1.52 bits per heavy atom. The average molecular weight is 375 g/mol. The quantitative estimate of drug-likeness (QED) is 0.679. The number of anilines is 1. The Bertz CT molecular complexity index is 784. The molecule has 0 aliphatic carbocycles. The fourth-order valence-corrected chi connectivity index (χ4v) is 2.88. The summed E-state index contributed by atoms with van der Waals surface area (Å²) < 4.78 is 12.1. The van der Waals surface area contributed by atoms with Crippen molar-refractivity contribution in [2.24, 2.45) is 5.92 Å². The first-order valence-corrected chi connectivity index (χ1v) is 9.04. The zero-order valence-corrected chi connectivity index (χ0v) is 15.7.